The van der Waals surface area contributed by atoms with Crippen LogP contribution in [0.3, 0.4) is 0 Å². The molecular weight excluding hydrogens is 462 g/mol. The molecule has 35 heavy (non-hydrogen) atoms. The number of amides is 1. The minimum atomic E-state index is -0.278. The summed E-state index contributed by atoms with van der Waals surface area (Å²) >= 11 is 6.23. The number of para-hydroxylation sites is 2. The average Bonchev–Trinajstić information content (AvgIpc) is 3.29. The van der Waals surface area contributed by atoms with Crippen LogP contribution in [0.4, 0.5) is 17.2 Å². The standard InChI is InChI=1S/C26H28ClN7O/c1-17(2)30-24-15-22(31-25-20(16-29-34(24)25)18-6-5-7-19(27)14-18)26(35)32-21-8-3-4-9-23(21)33-12-10-28-11-13-33/h3-9,14-17,28,30H,10-13H2,1-2H3,(H,32,35). The number of fused-ring (bicyclic) bond motifs is 1. The van der Waals surface area contributed by atoms with Crippen molar-refractivity contribution >= 4 is 40.3 Å². The lowest BCUT2D eigenvalue weighted by Crippen LogP contribution is -2.43. The quantitative estimate of drug-likeness (QED) is 0.369. The maximum absolute atomic E-state index is 13.5. The molecule has 5 rings (SSSR count). The van der Waals surface area contributed by atoms with Crippen LogP contribution in [0.5, 0.6) is 0 Å². The van der Waals surface area contributed by atoms with Crippen LogP contribution in [0.1, 0.15) is 24.3 Å². The Morgan fingerprint density at radius 1 is 1.09 bits per heavy atom. The predicted octanol–water partition coefficient (Wildman–Crippen LogP) is 4.53. The van der Waals surface area contributed by atoms with Crippen LogP contribution in [0.15, 0.2) is 60.8 Å². The Hall–Kier alpha value is -3.62. The molecule has 1 aliphatic heterocycles. The first kappa shape index (κ1) is 23.1. The van der Waals surface area contributed by atoms with Gasteiger partial charge in [-0.05, 0) is 43.7 Å². The molecule has 1 fully saturated rings. The fourth-order valence-corrected chi connectivity index (χ4v) is 4.47. The highest BCUT2D eigenvalue weighted by atomic mass is 35.5. The SMILES string of the molecule is CC(C)Nc1cc(C(=O)Nc2ccccc2N2CCNCC2)nc2c(-c3cccc(Cl)c3)cnn12. The van der Waals surface area contributed by atoms with Crippen molar-refractivity contribution in [3.05, 3.63) is 71.5 Å². The van der Waals surface area contributed by atoms with Crippen LogP contribution >= 0.6 is 11.6 Å². The molecule has 9 heteroatoms. The summed E-state index contributed by atoms with van der Waals surface area (Å²) in [5, 5.41) is 15.0. The third-order valence-electron chi connectivity index (χ3n) is 5.89. The molecule has 0 atom stereocenters. The van der Waals surface area contributed by atoms with Crippen molar-refractivity contribution in [2.75, 3.05) is 41.7 Å². The Morgan fingerprint density at radius 3 is 2.66 bits per heavy atom. The van der Waals surface area contributed by atoms with Crippen molar-refractivity contribution in [3.8, 4) is 11.1 Å². The van der Waals surface area contributed by atoms with Gasteiger partial charge in [0, 0.05) is 48.9 Å². The molecule has 1 saturated heterocycles. The highest BCUT2D eigenvalue weighted by Gasteiger charge is 2.20. The summed E-state index contributed by atoms with van der Waals surface area (Å²) in [5.74, 6) is 0.416. The number of benzene rings is 2. The molecule has 3 N–H and O–H groups in total. The van der Waals surface area contributed by atoms with E-state index in [1.807, 2.05) is 62.4 Å². The monoisotopic (exact) mass is 489 g/mol. The molecular formula is C26H28ClN7O. The highest BCUT2D eigenvalue weighted by molar-refractivity contribution is 6.30. The topological polar surface area (TPSA) is 86.6 Å². The first-order valence-electron chi connectivity index (χ1n) is 11.8. The molecule has 0 bridgehead atoms. The predicted molar refractivity (Wildman–Crippen MR) is 142 cm³/mol. The second-order valence-corrected chi connectivity index (χ2v) is 9.27. The Morgan fingerprint density at radius 2 is 1.89 bits per heavy atom. The molecule has 4 aromatic rings. The summed E-state index contributed by atoms with van der Waals surface area (Å²) in [6.45, 7) is 7.68. The minimum Gasteiger partial charge on any atom is -0.368 e. The molecule has 0 aliphatic carbocycles. The van der Waals surface area contributed by atoms with Gasteiger partial charge in [0.05, 0.1) is 17.6 Å². The molecule has 2 aromatic carbocycles. The van der Waals surface area contributed by atoms with E-state index in [2.05, 4.69) is 25.9 Å². The van der Waals surface area contributed by atoms with Crippen molar-refractivity contribution in [2.24, 2.45) is 0 Å². The zero-order valence-electron chi connectivity index (χ0n) is 19.8. The number of halogens is 1. The van der Waals surface area contributed by atoms with E-state index in [0.29, 0.717) is 22.2 Å². The number of hydrogen-bond donors (Lipinski definition) is 3. The molecule has 0 saturated carbocycles. The number of aromatic nitrogens is 3. The molecule has 0 spiro atoms. The normalized spacial score (nSPS) is 13.9. The fraction of sp³-hybridized carbons (Fsp3) is 0.269. The number of piperazine rings is 1. The van der Waals surface area contributed by atoms with Crippen LogP contribution in [0.2, 0.25) is 5.02 Å². The van der Waals surface area contributed by atoms with Crippen molar-refractivity contribution in [2.45, 2.75) is 19.9 Å². The molecule has 0 unspecified atom stereocenters. The van der Waals surface area contributed by atoms with E-state index in [-0.39, 0.29) is 11.9 Å². The first-order chi connectivity index (χ1) is 17.0. The van der Waals surface area contributed by atoms with Gasteiger partial charge in [-0.15, -0.1) is 0 Å². The van der Waals surface area contributed by atoms with Gasteiger partial charge in [0.1, 0.15) is 11.5 Å². The van der Waals surface area contributed by atoms with E-state index >= 15 is 0 Å². The van der Waals surface area contributed by atoms with Crippen molar-refractivity contribution in [1.29, 1.82) is 0 Å². The maximum Gasteiger partial charge on any atom is 0.274 e. The molecule has 180 valence electrons. The van der Waals surface area contributed by atoms with Gasteiger partial charge in [-0.25, -0.2) is 4.98 Å². The fourth-order valence-electron chi connectivity index (χ4n) is 4.28. The second kappa shape index (κ2) is 9.93. The van der Waals surface area contributed by atoms with Gasteiger partial charge < -0.3 is 20.9 Å². The largest absolute Gasteiger partial charge is 0.368 e. The summed E-state index contributed by atoms with van der Waals surface area (Å²) in [6, 6.07) is 17.3. The third kappa shape index (κ3) is 4.94. The first-order valence-corrected chi connectivity index (χ1v) is 12.1. The van der Waals surface area contributed by atoms with Crippen molar-refractivity contribution in [3.63, 3.8) is 0 Å². The van der Waals surface area contributed by atoms with Gasteiger partial charge in [-0.3, -0.25) is 4.79 Å². The number of carbonyl (C=O) groups excluding carboxylic acids is 1. The van der Waals surface area contributed by atoms with E-state index in [1.165, 1.54) is 0 Å². The smallest absolute Gasteiger partial charge is 0.274 e. The van der Waals surface area contributed by atoms with Crippen molar-refractivity contribution < 1.29 is 4.79 Å². The van der Waals surface area contributed by atoms with Gasteiger partial charge >= 0.3 is 0 Å². The van der Waals surface area contributed by atoms with Crippen LogP contribution in [0, 0.1) is 0 Å². The number of anilines is 3. The zero-order chi connectivity index (χ0) is 24.4. The lowest BCUT2D eigenvalue weighted by molar-refractivity contribution is 0.102. The maximum atomic E-state index is 13.5. The number of hydrogen-bond acceptors (Lipinski definition) is 6. The number of carbonyl (C=O) groups is 1. The molecule has 1 amide bonds. The molecule has 1 aliphatic rings. The molecule has 8 nitrogen and oxygen atoms in total. The Balaban J connectivity index is 1.54. The van der Waals surface area contributed by atoms with Gasteiger partial charge in [0.25, 0.3) is 5.91 Å². The van der Waals surface area contributed by atoms with Crippen molar-refractivity contribution in [1.82, 2.24) is 19.9 Å². The Kier molecular flexibility index (Phi) is 6.57. The second-order valence-electron chi connectivity index (χ2n) is 8.84. The van der Waals surface area contributed by atoms with Crippen LogP contribution in [-0.4, -0.2) is 52.7 Å². The van der Waals surface area contributed by atoms with E-state index in [4.69, 9.17) is 16.6 Å². The van der Waals surface area contributed by atoms with E-state index in [1.54, 1.807) is 16.8 Å². The average molecular weight is 490 g/mol. The van der Waals surface area contributed by atoms with Crippen LogP contribution in [-0.2, 0) is 0 Å². The summed E-state index contributed by atoms with van der Waals surface area (Å²) < 4.78 is 1.72. The van der Waals surface area contributed by atoms with Gasteiger partial charge in [0.2, 0.25) is 0 Å². The molecule has 0 radical (unpaired) electrons. The number of nitrogens with zero attached hydrogens (tertiary/aromatic N) is 4. The minimum absolute atomic E-state index is 0.142. The Bertz CT molecular complexity index is 1360. The van der Waals surface area contributed by atoms with E-state index < -0.39 is 0 Å². The lowest BCUT2D eigenvalue weighted by Gasteiger charge is -2.31. The Labute approximate surface area is 209 Å². The third-order valence-corrected chi connectivity index (χ3v) is 6.12. The molecule has 2 aromatic heterocycles. The van der Waals surface area contributed by atoms with Gasteiger partial charge in [-0.2, -0.15) is 9.61 Å². The number of nitrogens with one attached hydrogen (secondary N) is 3. The summed E-state index contributed by atoms with van der Waals surface area (Å²) in [5.41, 5.74) is 4.35. The van der Waals surface area contributed by atoms with E-state index in [9.17, 15) is 4.79 Å². The lowest BCUT2D eigenvalue weighted by atomic mass is 10.1. The van der Waals surface area contributed by atoms with Crippen LogP contribution in [0.25, 0.3) is 16.8 Å². The molecule has 3 heterocycles. The summed E-state index contributed by atoms with van der Waals surface area (Å²) in [6.07, 6.45) is 1.75. The number of rotatable bonds is 6. The summed E-state index contributed by atoms with van der Waals surface area (Å²) in [4.78, 5) is 20.5. The zero-order valence-corrected chi connectivity index (χ0v) is 20.5. The van der Waals surface area contributed by atoms with Gasteiger partial charge in [-0.1, -0.05) is 35.9 Å². The van der Waals surface area contributed by atoms with E-state index in [0.717, 1.165) is 48.7 Å². The van der Waals surface area contributed by atoms with Crippen LogP contribution < -0.4 is 20.9 Å². The van der Waals surface area contributed by atoms with Gasteiger partial charge in [0.15, 0.2) is 5.65 Å². The highest BCUT2D eigenvalue weighted by Crippen LogP contribution is 2.29. The summed E-state index contributed by atoms with van der Waals surface area (Å²) in [7, 11) is 0.